The van der Waals surface area contributed by atoms with Gasteiger partial charge in [0.1, 0.15) is 5.82 Å². The van der Waals surface area contributed by atoms with E-state index in [1.807, 2.05) is 0 Å². The number of likely N-dealkylation sites (tertiary alicyclic amines) is 1. The molecule has 0 aliphatic carbocycles. The molecule has 0 aromatic heterocycles. The van der Waals surface area contributed by atoms with Crippen LogP contribution < -0.4 is 5.73 Å². The molecule has 1 aliphatic rings. The summed E-state index contributed by atoms with van der Waals surface area (Å²) >= 11 is 3.09. The van der Waals surface area contributed by atoms with Gasteiger partial charge in [0.05, 0.1) is 10.9 Å². The summed E-state index contributed by atoms with van der Waals surface area (Å²) < 4.78 is 13.8. The number of piperidine rings is 1. The molecule has 0 saturated carbocycles. The topological polar surface area (TPSA) is 46.3 Å². The Morgan fingerprint density at radius 1 is 1.56 bits per heavy atom. The van der Waals surface area contributed by atoms with Gasteiger partial charge in [-0.05, 0) is 46.5 Å². The number of carbonyl (C=O) groups excluding carboxylic acids is 1. The maximum absolute atomic E-state index is 13.3. The summed E-state index contributed by atoms with van der Waals surface area (Å²) in [4.78, 5) is 13.8. The highest BCUT2D eigenvalue weighted by molar-refractivity contribution is 9.10. The fourth-order valence-electron chi connectivity index (χ4n) is 2.17. The highest BCUT2D eigenvalue weighted by atomic mass is 79.9. The first kappa shape index (κ1) is 13.5. The van der Waals surface area contributed by atoms with Crippen molar-refractivity contribution in [3.05, 3.63) is 34.1 Å². The van der Waals surface area contributed by atoms with E-state index in [0.29, 0.717) is 16.6 Å². The number of carbonyl (C=O) groups is 1. The van der Waals surface area contributed by atoms with Crippen molar-refractivity contribution < 1.29 is 9.18 Å². The number of amides is 1. The van der Waals surface area contributed by atoms with E-state index >= 15 is 0 Å². The van der Waals surface area contributed by atoms with Crippen molar-refractivity contribution in [2.24, 2.45) is 5.73 Å². The molecule has 1 aliphatic heterocycles. The highest BCUT2D eigenvalue weighted by Gasteiger charge is 2.21. The molecule has 98 valence electrons. The van der Waals surface area contributed by atoms with Crippen LogP contribution in [0.15, 0.2) is 22.7 Å². The molecule has 1 atom stereocenters. The minimum atomic E-state index is -0.337. The van der Waals surface area contributed by atoms with Crippen molar-refractivity contribution in [3.63, 3.8) is 0 Å². The molecule has 0 spiro atoms. The van der Waals surface area contributed by atoms with Gasteiger partial charge in [0.25, 0.3) is 0 Å². The lowest BCUT2D eigenvalue weighted by atomic mass is 10.1. The largest absolute Gasteiger partial charge is 0.341 e. The van der Waals surface area contributed by atoms with Crippen molar-refractivity contribution in [1.82, 2.24) is 4.90 Å². The molecule has 1 aromatic carbocycles. The molecule has 0 bridgehead atoms. The van der Waals surface area contributed by atoms with Crippen molar-refractivity contribution in [3.8, 4) is 0 Å². The molecule has 2 N–H and O–H groups in total. The highest BCUT2D eigenvalue weighted by Crippen LogP contribution is 2.17. The summed E-state index contributed by atoms with van der Waals surface area (Å²) in [5.41, 5.74) is 6.53. The first-order chi connectivity index (χ1) is 8.56. The summed E-state index contributed by atoms with van der Waals surface area (Å²) in [6.07, 6.45) is 2.15. The molecule has 3 nitrogen and oxygen atoms in total. The van der Waals surface area contributed by atoms with Gasteiger partial charge in [-0.3, -0.25) is 4.79 Å². The van der Waals surface area contributed by atoms with Gasteiger partial charge < -0.3 is 10.6 Å². The summed E-state index contributed by atoms with van der Waals surface area (Å²) in [6.45, 7) is 1.36. The maximum atomic E-state index is 13.3. The summed E-state index contributed by atoms with van der Waals surface area (Å²) in [5.74, 6) is -0.317. The predicted molar refractivity (Wildman–Crippen MR) is 71.6 cm³/mol. The summed E-state index contributed by atoms with van der Waals surface area (Å²) in [5, 5.41) is 0. The minimum Gasteiger partial charge on any atom is -0.341 e. The van der Waals surface area contributed by atoms with Gasteiger partial charge >= 0.3 is 0 Å². The molecule has 1 unspecified atom stereocenters. The third kappa shape index (κ3) is 3.29. The smallest absolute Gasteiger partial charge is 0.227 e. The van der Waals surface area contributed by atoms with Crippen molar-refractivity contribution in [2.75, 3.05) is 13.1 Å². The van der Waals surface area contributed by atoms with Crippen molar-refractivity contribution >= 4 is 21.8 Å². The lowest BCUT2D eigenvalue weighted by Gasteiger charge is -2.30. The Hall–Kier alpha value is -0.940. The molecule has 5 heteroatoms. The number of halogens is 2. The van der Waals surface area contributed by atoms with E-state index in [9.17, 15) is 9.18 Å². The normalized spacial score (nSPS) is 19.9. The Morgan fingerprint density at radius 2 is 2.33 bits per heavy atom. The molecule has 1 amide bonds. The van der Waals surface area contributed by atoms with Gasteiger partial charge in [0.2, 0.25) is 5.91 Å². The third-order valence-corrected chi connectivity index (χ3v) is 3.79. The maximum Gasteiger partial charge on any atom is 0.227 e. The number of benzene rings is 1. The molecular weight excluding hydrogens is 299 g/mol. The Labute approximate surface area is 114 Å². The second-order valence-electron chi connectivity index (χ2n) is 4.67. The van der Waals surface area contributed by atoms with E-state index in [1.165, 1.54) is 6.07 Å². The van der Waals surface area contributed by atoms with Crippen LogP contribution >= 0.6 is 15.9 Å². The van der Waals surface area contributed by atoms with Gasteiger partial charge in [0, 0.05) is 19.1 Å². The number of nitrogens with two attached hydrogens (primary N) is 1. The Kier molecular flexibility index (Phi) is 4.35. The first-order valence-corrected chi connectivity index (χ1v) is 6.83. The van der Waals surface area contributed by atoms with Crippen LogP contribution in [-0.4, -0.2) is 29.9 Å². The number of nitrogens with zero attached hydrogens (tertiary/aromatic N) is 1. The molecule has 18 heavy (non-hydrogen) atoms. The average Bonchev–Trinajstić information content (AvgIpc) is 2.34. The van der Waals surface area contributed by atoms with E-state index in [-0.39, 0.29) is 24.2 Å². The SMILES string of the molecule is NC1CCCN(C(=O)Cc2ccc(Br)c(F)c2)C1. The first-order valence-electron chi connectivity index (χ1n) is 6.03. The van der Waals surface area contributed by atoms with Gasteiger partial charge in [0.15, 0.2) is 0 Å². The number of hydrogen-bond donors (Lipinski definition) is 1. The molecule has 1 saturated heterocycles. The van der Waals surface area contributed by atoms with Crippen molar-refractivity contribution in [2.45, 2.75) is 25.3 Å². The summed E-state index contributed by atoms with van der Waals surface area (Å²) in [6, 6.07) is 4.85. The Morgan fingerprint density at radius 3 is 3.00 bits per heavy atom. The molecule has 0 radical (unpaired) electrons. The lowest BCUT2D eigenvalue weighted by Crippen LogP contribution is -2.46. The van der Waals surface area contributed by atoms with Crippen LogP contribution in [0.2, 0.25) is 0 Å². The lowest BCUT2D eigenvalue weighted by molar-refractivity contribution is -0.131. The Balaban J connectivity index is 2.00. The Bertz CT molecular complexity index is 453. The van der Waals surface area contributed by atoms with Gasteiger partial charge in [-0.1, -0.05) is 6.07 Å². The van der Waals surface area contributed by atoms with Crippen LogP contribution in [0, 0.1) is 5.82 Å². The number of hydrogen-bond acceptors (Lipinski definition) is 2. The second kappa shape index (κ2) is 5.80. The predicted octanol–water partition coefficient (Wildman–Crippen LogP) is 2.08. The van der Waals surface area contributed by atoms with Crippen LogP contribution in [0.4, 0.5) is 4.39 Å². The zero-order valence-corrected chi connectivity index (χ0v) is 11.6. The molecule has 1 fully saturated rings. The van der Waals surface area contributed by atoms with E-state index in [2.05, 4.69) is 15.9 Å². The zero-order chi connectivity index (χ0) is 13.1. The van der Waals surface area contributed by atoms with Crippen LogP contribution in [0.25, 0.3) is 0 Å². The van der Waals surface area contributed by atoms with E-state index in [4.69, 9.17) is 5.73 Å². The van der Waals surface area contributed by atoms with Crippen molar-refractivity contribution in [1.29, 1.82) is 0 Å². The quantitative estimate of drug-likeness (QED) is 0.908. The van der Waals surface area contributed by atoms with Crippen LogP contribution in [0.1, 0.15) is 18.4 Å². The van der Waals surface area contributed by atoms with Crippen LogP contribution in [-0.2, 0) is 11.2 Å². The summed E-state index contributed by atoms with van der Waals surface area (Å²) in [7, 11) is 0. The van der Waals surface area contributed by atoms with Gasteiger partial charge in [-0.15, -0.1) is 0 Å². The third-order valence-electron chi connectivity index (χ3n) is 3.15. The molecular formula is C13H16BrFN2O. The van der Waals surface area contributed by atoms with Gasteiger partial charge in [-0.25, -0.2) is 4.39 Å². The van der Waals surface area contributed by atoms with Gasteiger partial charge in [-0.2, -0.15) is 0 Å². The van der Waals surface area contributed by atoms with Crippen LogP contribution in [0.3, 0.4) is 0 Å². The van der Waals surface area contributed by atoms with E-state index in [0.717, 1.165) is 19.4 Å². The zero-order valence-electron chi connectivity index (χ0n) is 10.0. The average molecular weight is 315 g/mol. The fourth-order valence-corrected chi connectivity index (χ4v) is 2.42. The minimum absolute atomic E-state index is 0.0203. The second-order valence-corrected chi connectivity index (χ2v) is 5.52. The molecule has 1 aromatic rings. The monoisotopic (exact) mass is 314 g/mol. The molecule has 2 rings (SSSR count). The number of rotatable bonds is 2. The van der Waals surface area contributed by atoms with Crippen LogP contribution in [0.5, 0.6) is 0 Å². The standard InChI is InChI=1S/C13H16BrFN2O/c14-11-4-3-9(6-12(11)15)7-13(18)17-5-1-2-10(16)8-17/h3-4,6,10H,1-2,5,7-8,16H2. The molecule has 1 heterocycles. The van der Waals surface area contributed by atoms with E-state index < -0.39 is 0 Å². The van der Waals surface area contributed by atoms with E-state index in [1.54, 1.807) is 17.0 Å². The fraction of sp³-hybridized carbons (Fsp3) is 0.462.